The molecule has 2 atom stereocenters. The van der Waals surface area contributed by atoms with Crippen LogP contribution in [-0.4, -0.2) is 36.7 Å². The summed E-state index contributed by atoms with van der Waals surface area (Å²) < 4.78 is 10.7. The standard InChI is InChI=1S/C16H31NO4/c1-7-10-20-11-9-13(18)17-14(12(3)8-2)15(19)21-16(4,5)6/h12,14H,7-11H2,1-6H3,(H,17,18)/t12-,14-/m0/s1. The average Bonchev–Trinajstić information content (AvgIpc) is 2.38. The van der Waals surface area contributed by atoms with E-state index in [-0.39, 0.29) is 24.2 Å². The quantitative estimate of drug-likeness (QED) is 0.525. The highest BCUT2D eigenvalue weighted by molar-refractivity contribution is 5.84. The molecule has 0 aliphatic rings. The molecule has 0 aliphatic heterocycles. The first-order chi connectivity index (χ1) is 9.71. The van der Waals surface area contributed by atoms with Gasteiger partial charge in [0.1, 0.15) is 11.6 Å². The first-order valence-electron chi connectivity index (χ1n) is 7.81. The van der Waals surface area contributed by atoms with Crippen molar-refractivity contribution in [2.24, 2.45) is 5.92 Å². The summed E-state index contributed by atoms with van der Waals surface area (Å²) in [5.41, 5.74) is -0.558. The maximum absolute atomic E-state index is 12.2. The van der Waals surface area contributed by atoms with Crippen molar-refractivity contribution < 1.29 is 19.1 Å². The van der Waals surface area contributed by atoms with Crippen molar-refractivity contribution in [2.75, 3.05) is 13.2 Å². The number of ether oxygens (including phenoxy) is 2. The van der Waals surface area contributed by atoms with Gasteiger partial charge in [0.05, 0.1) is 6.61 Å². The van der Waals surface area contributed by atoms with Crippen molar-refractivity contribution >= 4 is 11.9 Å². The summed E-state index contributed by atoms with van der Waals surface area (Å²) in [6, 6.07) is -0.604. The minimum atomic E-state index is -0.604. The van der Waals surface area contributed by atoms with Crippen LogP contribution in [0.15, 0.2) is 0 Å². The Morgan fingerprint density at radius 3 is 2.24 bits per heavy atom. The highest BCUT2D eigenvalue weighted by Crippen LogP contribution is 2.14. The fourth-order valence-corrected chi connectivity index (χ4v) is 1.69. The van der Waals surface area contributed by atoms with E-state index in [1.54, 1.807) is 0 Å². The van der Waals surface area contributed by atoms with Crippen molar-refractivity contribution in [2.45, 2.75) is 72.4 Å². The van der Waals surface area contributed by atoms with E-state index in [4.69, 9.17) is 9.47 Å². The molecular formula is C16H31NO4. The van der Waals surface area contributed by atoms with Crippen molar-refractivity contribution in [3.05, 3.63) is 0 Å². The van der Waals surface area contributed by atoms with Crippen LogP contribution < -0.4 is 5.32 Å². The molecule has 1 amide bonds. The molecule has 5 nitrogen and oxygen atoms in total. The largest absolute Gasteiger partial charge is 0.458 e. The van der Waals surface area contributed by atoms with E-state index in [1.807, 2.05) is 41.5 Å². The monoisotopic (exact) mass is 301 g/mol. The van der Waals surface area contributed by atoms with Crippen LogP contribution in [0.5, 0.6) is 0 Å². The lowest BCUT2D eigenvalue weighted by molar-refractivity contribution is -0.160. The summed E-state index contributed by atoms with van der Waals surface area (Å²) in [6.45, 7) is 12.4. The van der Waals surface area contributed by atoms with Gasteiger partial charge in [0, 0.05) is 13.0 Å². The second-order valence-electron chi connectivity index (χ2n) is 6.33. The molecule has 0 saturated heterocycles. The Balaban J connectivity index is 4.49. The SMILES string of the molecule is CCCOCCC(=O)N[C@H](C(=O)OC(C)(C)C)[C@@H](C)CC. The zero-order valence-electron chi connectivity index (χ0n) is 14.3. The summed E-state index contributed by atoms with van der Waals surface area (Å²) in [7, 11) is 0. The van der Waals surface area contributed by atoms with E-state index in [1.165, 1.54) is 0 Å². The average molecular weight is 301 g/mol. The van der Waals surface area contributed by atoms with E-state index in [9.17, 15) is 9.59 Å². The smallest absolute Gasteiger partial charge is 0.329 e. The van der Waals surface area contributed by atoms with Gasteiger partial charge in [0.25, 0.3) is 0 Å². The summed E-state index contributed by atoms with van der Waals surface area (Å²) in [4.78, 5) is 24.1. The Kier molecular flexibility index (Phi) is 9.26. The Morgan fingerprint density at radius 1 is 1.14 bits per heavy atom. The third kappa shape index (κ3) is 9.45. The maximum atomic E-state index is 12.2. The van der Waals surface area contributed by atoms with Gasteiger partial charge < -0.3 is 14.8 Å². The highest BCUT2D eigenvalue weighted by Gasteiger charge is 2.30. The third-order valence-corrected chi connectivity index (χ3v) is 3.01. The molecule has 0 saturated carbocycles. The maximum Gasteiger partial charge on any atom is 0.329 e. The predicted octanol–water partition coefficient (Wildman–Crippen LogP) is 2.68. The number of carbonyl (C=O) groups is 2. The number of hydrogen-bond acceptors (Lipinski definition) is 4. The number of nitrogens with one attached hydrogen (secondary N) is 1. The second-order valence-corrected chi connectivity index (χ2v) is 6.33. The van der Waals surface area contributed by atoms with Gasteiger partial charge in [-0.15, -0.1) is 0 Å². The summed E-state index contributed by atoms with van der Waals surface area (Å²) >= 11 is 0. The molecule has 0 fully saturated rings. The lowest BCUT2D eigenvalue weighted by atomic mass is 9.98. The van der Waals surface area contributed by atoms with Gasteiger partial charge in [-0.05, 0) is 33.1 Å². The fourth-order valence-electron chi connectivity index (χ4n) is 1.69. The van der Waals surface area contributed by atoms with Gasteiger partial charge in [-0.1, -0.05) is 27.2 Å². The molecule has 0 aliphatic carbocycles. The molecule has 0 heterocycles. The normalized spacial score (nSPS) is 14.4. The Bertz CT molecular complexity index is 323. The lowest BCUT2D eigenvalue weighted by Gasteiger charge is -2.27. The van der Waals surface area contributed by atoms with Gasteiger partial charge in [-0.25, -0.2) is 4.79 Å². The number of esters is 1. The molecule has 1 N–H and O–H groups in total. The van der Waals surface area contributed by atoms with Crippen LogP contribution in [-0.2, 0) is 19.1 Å². The van der Waals surface area contributed by atoms with Crippen LogP contribution in [0.3, 0.4) is 0 Å². The molecule has 0 unspecified atom stereocenters. The number of rotatable bonds is 9. The van der Waals surface area contributed by atoms with Gasteiger partial charge in [0.15, 0.2) is 0 Å². The van der Waals surface area contributed by atoms with Crippen molar-refractivity contribution in [1.29, 1.82) is 0 Å². The molecule has 0 spiro atoms. The summed E-state index contributed by atoms with van der Waals surface area (Å²) in [5.74, 6) is -0.526. The number of carbonyl (C=O) groups excluding carboxylic acids is 2. The first-order valence-corrected chi connectivity index (χ1v) is 7.81. The van der Waals surface area contributed by atoms with Crippen molar-refractivity contribution in [1.82, 2.24) is 5.32 Å². The molecule has 0 rings (SSSR count). The minimum absolute atomic E-state index is 0.0281. The zero-order valence-corrected chi connectivity index (χ0v) is 14.3. The molecule has 5 heteroatoms. The Hall–Kier alpha value is -1.10. The second kappa shape index (κ2) is 9.77. The first kappa shape index (κ1) is 19.9. The van der Waals surface area contributed by atoms with Crippen LogP contribution in [0.1, 0.15) is 60.8 Å². The predicted molar refractivity (Wildman–Crippen MR) is 83.0 cm³/mol. The van der Waals surface area contributed by atoms with Crippen molar-refractivity contribution in [3.63, 3.8) is 0 Å². The molecule has 21 heavy (non-hydrogen) atoms. The number of amides is 1. The van der Waals surface area contributed by atoms with Crippen LogP contribution in [0.2, 0.25) is 0 Å². The van der Waals surface area contributed by atoms with E-state index >= 15 is 0 Å². The highest BCUT2D eigenvalue weighted by atomic mass is 16.6. The van der Waals surface area contributed by atoms with Crippen LogP contribution in [0, 0.1) is 5.92 Å². The molecule has 0 aromatic rings. The van der Waals surface area contributed by atoms with Crippen molar-refractivity contribution in [3.8, 4) is 0 Å². The minimum Gasteiger partial charge on any atom is -0.458 e. The number of hydrogen-bond donors (Lipinski definition) is 1. The van der Waals surface area contributed by atoms with Gasteiger partial charge in [-0.2, -0.15) is 0 Å². The summed E-state index contributed by atoms with van der Waals surface area (Å²) in [5, 5.41) is 2.77. The summed E-state index contributed by atoms with van der Waals surface area (Å²) in [6.07, 6.45) is 1.97. The van der Waals surface area contributed by atoms with Gasteiger partial charge in [0.2, 0.25) is 5.91 Å². The Labute approximate surface area is 128 Å². The third-order valence-electron chi connectivity index (χ3n) is 3.01. The van der Waals surface area contributed by atoms with E-state index < -0.39 is 11.6 Å². The molecular weight excluding hydrogens is 270 g/mol. The lowest BCUT2D eigenvalue weighted by Crippen LogP contribution is -2.48. The van der Waals surface area contributed by atoms with E-state index in [0.29, 0.717) is 13.2 Å². The molecule has 0 bridgehead atoms. The van der Waals surface area contributed by atoms with Gasteiger partial charge in [-0.3, -0.25) is 4.79 Å². The van der Waals surface area contributed by atoms with Crippen LogP contribution >= 0.6 is 0 Å². The topological polar surface area (TPSA) is 64.6 Å². The molecule has 0 radical (unpaired) electrons. The van der Waals surface area contributed by atoms with Crippen LogP contribution in [0.25, 0.3) is 0 Å². The van der Waals surface area contributed by atoms with E-state index in [0.717, 1.165) is 12.8 Å². The Morgan fingerprint density at radius 2 is 1.76 bits per heavy atom. The fraction of sp³-hybridized carbons (Fsp3) is 0.875. The molecule has 124 valence electrons. The van der Waals surface area contributed by atoms with Crippen LogP contribution in [0.4, 0.5) is 0 Å². The zero-order chi connectivity index (χ0) is 16.5. The van der Waals surface area contributed by atoms with E-state index in [2.05, 4.69) is 5.32 Å². The molecule has 0 aromatic carbocycles. The van der Waals surface area contributed by atoms with Gasteiger partial charge >= 0.3 is 5.97 Å². The molecule has 0 aromatic heterocycles.